The highest BCUT2D eigenvalue weighted by Gasteiger charge is 2.60. The van der Waals surface area contributed by atoms with Crippen molar-refractivity contribution in [3.63, 3.8) is 0 Å². The molecule has 0 aromatic rings. The van der Waals surface area contributed by atoms with Gasteiger partial charge in [0.05, 0.1) is 0 Å². The van der Waals surface area contributed by atoms with Crippen LogP contribution in [0, 0.1) is 22.7 Å². The maximum Gasteiger partial charge on any atom is 0.0129 e. The standard InChI is InChI=1S/C18H34N2/c1-14(13-20-9-5-6-10-20)12-19-16-11-15-7-8-18(16,4)17(15,2)3/h14-16,19H,5-13H2,1-4H3. The Morgan fingerprint density at radius 3 is 2.45 bits per heavy atom. The lowest BCUT2D eigenvalue weighted by molar-refractivity contribution is 0.118. The number of likely N-dealkylation sites (tertiary alicyclic amines) is 1. The predicted octanol–water partition coefficient (Wildman–Crippen LogP) is 3.52. The van der Waals surface area contributed by atoms with Crippen LogP contribution in [-0.4, -0.2) is 37.1 Å². The monoisotopic (exact) mass is 278 g/mol. The molecule has 2 bridgehead atoms. The maximum atomic E-state index is 3.96. The van der Waals surface area contributed by atoms with Crippen molar-refractivity contribution in [3.05, 3.63) is 0 Å². The molecule has 3 rings (SSSR count). The molecule has 0 amide bonds. The lowest BCUT2D eigenvalue weighted by atomic mass is 9.69. The van der Waals surface area contributed by atoms with Gasteiger partial charge in [0, 0.05) is 12.6 Å². The molecule has 0 radical (unpaired) electrons. The number of rotatable bonds is 5. The van der Waals surface area contributed by atoms with E-state index in [1.165, 1.54) is 58.3 Å². The summed E-state index contributed by atoms with van der Waals surface area (Å²) in [5.41, 5.74) is 1.08. The topological polar surface area (TPSA) is 15.3 Å². The summed E-state index contributed by atoms with van der Waals surface area (Å²) >= 11 is 0. The van der Waals surface area contributed by atoms with Crippen LogP contribution in [0.15, 0.2) is 0 Å². The molecule has 0 aromatic carbocycles. The first kappa shape index (κ1) is 14.8. The molecule has 116 valence electrons. The SMILES string of the molecule is CC(CNC1CC2CCC1(C)C2(C)C)CN1CCCC1. The summed E-state index contributed by atoms with van der Waals surface area (Å²) < 4.78 is 0. The first-order chi connectivity index (χ1) is 9.43. The highest BCUT2D eigenvalue weighted by atomic mass is 15.1. The van der Waals surface area contributed by atoms with Crippen LogP contribution in [-0.2, 0) is 0 Å². The fraction of sp³-hybridized carbons (Fsp3) is 1.00. The fourth-order valence-electron chi connectivity index (χ4n) is 5.33. The van der Waals surface area contributed by atoms with Crippen LogP contribution >= 0.6 is 0 Å². The second-order valence-corrected chi connectivity index (χ2v) is 8.68. The molecule has 20 heavy (non-hydrogen) atoms. The van der Waals surface area contributed by atoms with Gasteiger partial charge in [0.15, 0.2) is 0 Å². The smallest absolute Gasteiger partial charge is 0.0129 e. The third-order valence-corrected chi connectivity index (χ3v) is 7.28. The molecular weight excluding hydrogens is 244 g/mol. The van der Waals surface area contributed by atoms with E-state index in [0.29, 0.717) is 10.8 Å². The molecule has 0 aromatic heterocycles. The lowest BCUT2D eigenvalue weighted by Crippen LogP contribution is -2.46. The Labute approximate surface area is 125 Å². The van der Waals surface area contributed by atoms with Gasteiger partial charge in [-0.05, 0) is 74.4 Å². The Morgan fingerprint density at radius 2 is 1.90 bits per heavy atom. The van der Waals surface area contributed by atoms with Crippen LogP contribution < -0.4 is 5.32 Å². The van der Waals surface area contributed by atoms with Gasteiger partial charge in [-0.1, -0.05) is 27.7 Å². The zero-order valence-electron chi connectivity index (χ0n) is 14.0. The Hall–Kier alpha value is -0.0800. The summed E-state index contributed by atoms with van der Waals surface area (Å²) in [4.78, 5) is 2.65. The Morgan fingerprint density at radius 1 is 1.20 bits per heavy atom. The fourth-order valence-corrected chi connectivity index (χ4v) is 5.33. The van der Waals surface area contributed by atoms with E-state index in [9.17, 15) is 0 Å². The molecule has 2 aliphatic carbocycles. The molecule has 3 aliphatic rings. The van der Waals surface area contributed by atoms with E-state index in [1.54, 1.807) is 0 Å². The molecule has 1 N–H and O–H groups in total. The number of hydrogen-bond donors (Lipinski definition) is 1. The Kier molecular flexibility index (Phi) is 3.92. The van der Waals surface area contributed by atoms with Crippen LogP contribution in [0.2, 0.25) is 0 Å². The molecule has 1 aliphatic heterocycles. The van der Waals surface area contributed by atoms with E-state index in [2.05, 4.69) is 37.9 Å². The normalized spacial score (nSPS) is 41.4. The molecule has 4 unspecified atom stereocenters. The second kappa shape index (κ2) is 5.28. The van der Waals surface area contributed by atoms with Crippen molar-refractivity contribution in [2.45, 2.75) is 65.8 Å². The van der Waals surface area contributed by atoms with Crippen molar-refractivity contribution in [1.29, 1.82) is 0 Å². The van der Waals surface area contributed by atoms with Crippen molar-refractivity contribution in [1.82, 2.24) is 10.2 Å². The highest BCUT2D eigenvalue weighted by molar-refractivity contribution is 5.12. The molecule has 3 fully saturated rings. The van der Waals surface area contributed by atoms with Crippen molar-refractivity contribution in [3.8, 4) is 0 Å². The Bertz CT molecular complexity index is 345. The van der Waals surface area contributed by atoms with Gasteiger partial charge < -0.3 is 10.2 Å². The summed E-state index contributed by atoms with van der Waals surface area (Å²) in [7, 11) is 0. The minimum atomic E-state index is 0.533. The van der Waals surface area contributed by atoms with Gasteiger partial charge in [-0.2, -0.15) is 0 Å². The maximum absolute atomic E-state index is 3.96. The van der Waals surface area contributed by atoms with Gasteiger partial charge in [-0.15, -0.1) is 0 Å². The number of nitrogens with one attached hydrogen (secondary N) is 1. The average Bonchev–Trinajstić information content (AvgIpc) is 3.01. The Balaban J connectivity index is 1.49. The van der Waals surface area contributed by atoms with Crippen LogP contribution in [0.1, 0.15) is 59.8 Å². The minimum absolute atomic E-state index is 0.533. The van der Waals surface area contributed by atoms with E-state index >= 15 is 0 Å². The highest BCUT2D eigenvalue weighted by Crippen LogP contribution is 2.65. The minimum Gasteiger partial charge on any atom is -0.313 e. The van der Waals surface area contributed by atoms with Gasteiger partial charge in [0.1, 0.15) is 0 Å². The molecule has 2 saturated carbocycles. The van der Waals surface area contributed by atoms with Gasteiger partial charge in [-0.25, -0.2) is 0 Å². The van der Waals surface area contributed by atoms with Gasteiger partial charge in [0.25, 0.3) is 0 Å². The summed E-state index contributed by atoms with van der Waals surface area (Å²) in [6, 6.07) is 0.761. The summed E-state index contributed by atoms with van der Waals surface area (Å²) in [6.45, 7) is 15.2. The van der Waals surface area contributed by atoms with Gasteiger partial charge >= 0.3 is 0 Å². The largest absolute Gasteiger partial charge is 0.313 e. The van der Waals surface area contributed by atoms with Gasteiger partial charge in [0.2, 0.25) is 0 Å². The molecule has 2 nitrogen and oxygen atoms in total. The quantitative estimate of drug-likeness (QED) is 0.828. The average molecular weight is 278 g/mol. The second-order valence-electron chi connectivity index (χ2n) is 8.68. The molecule has 1 saturated heterocycles. The number of nitrogens with zero attached hydrogens (tertiary/aromatic N) is 1. The first-order valence-corrected chi connectivity index (χ1v) is 8.89. The van der Waals surface area contributed by atoms with Crippen LogP contribution in [0.5, 0.6) is 0 Å². The van der Waals surface area contributed by atoms with Crippen molar-refractivity contribution >= 4 is 0 Å². The van der Waals surface area contributed by atoms with E-state index in [1.807, 2.05) is 0 Å². The molecule has 4 atom stereocenters. The zero-order chi connectivity index (χ0) is 14.4. The van der Waals surface area contributed by atoms with E-state index in [-0.39, 0.29) is 0 Å². The predicted molar refractivity (Wildman–Crippen MR) is 85.9 cm³/mol. The lowest BCUT2D eigenvalue weighted by Gasteiger charge is -2.40. The van der Waals surface area contributed by atoms with Crippen LogP contribution in [0.3, 0.4) is 0 Å². The molecule has 1 heterocycles. The summed E-state index contributed by atoms with van der Waals surface area (Å²) in [6.07, 6.45) is 7.14. The third kappa shape index (κ3) is 2.33. The number of fused-ring (bicyclic) bond motifs is 2. The molecular formula is C18H34N2. The molecule has 2 heteroatoms. The van der Waals surface area contributed by atoms with Crippen molar-refractivity contribution in [2.24, 2.45) is 22.7 Å². The van der Waals surface area contributed by atoms with E-state index in [4.69, 9.17) is 0 Å². The summed E-state index contributed by atoms with van der Waals surface area (Å²) in [5, 5.41) is 3.96. The summed E-state index contributed by atoms with van der Waals surface area (Å²) in [5.74, 6) is 1.75. The third-order valence-electron chi connectivity index (χ3n) is 7.28. The van der Waals surface area contributed by atoms with Crippen LogP contribution in [0.25, 0.3) is 0 Å². The van der Waals surface area contributed by atoms with Gasteiger partial charge in [-0.3, -0.25) is 0 Å². The van der Waals surface area contributed by atoms with Crippen molar-refractivity contribution in [2.75, 3.05) is 26.2 Å². The van der Waals surface area contributed by atoms with Crippen molar-refractivity contribution < 1.29 is 0 Å². The van der Waals surface area contributed by atoms with E-state index < -0.39 is 0 Å². The molecule has 0 spiro atoms. The first-order valence-electron chi connectivity index (χ1n) is 8.89. The number of hydrogen-bond acceptors (Lipinski definition) is 2. The zero-order valence-corrected chi connectivity index (χ0v) is 14.0. The van der Waals surface area contributed by atoms with Crippen LogP contribution in [0.4, 0.5) is 0 Å². The van der Waals surface area contributed by atoms with E-state index in [0.717, 1.165) is 17.9 Å².